The number of carbonyl (C=O) groups is 1. The van der Waals surface area contributed by atoms with Crippen LogP contribution in [0.3, 0.4) is 0 Å². The van der Waals surface area contributed by atoms with E-state index in [1.807, 2.05) is 47.0 Å². The summed E-state index contributed by atoms with van der Waals surface area (Å²) >= 11 is 1.83. The van der Waals surface area contributed by atoms with Crippen LogP contribution in [0, 0.1) is 5.82 Å². The highest BCUT2D eigenvalue weighted by Gasteiger charge is 2.25. The van der Waals surface area contributed by atoms with Gasteiger partial charge in [-0.3, -0.25) is 9.69 Å². The second-order valence-electron chi connectivity index (χ2n) is 8.63. The van der Waals surface area contributed by atoms with Crippen LogP contribution in [0.5, 0.6) is 0 Å². The highest BCUT2D eigenvalue weighted by Crippen LogP contribution is 2.36. The topological polar surface area (TPSA) is 26.8 Å². The molecule has 1 amide bonds. The van der Waals surface area contributed by atoms with Crippen molar-refractivity contribution in [1.82, 2.24) is 9.80 Å². The number of benzene rings is 3. The Balaban J connectivity index is 1.25. The number of piperazine rings is 1. The molecule has 0 atom stereocenters. The van der Waals surface area contributed by atoms with Crippen molar-refractivity contribution in [3.8, 4) is 0 Å². The molecule has 2 aliphatic rings. The monoisotopic (exact) mass is 461 g/mol. The molecule has 170 valence electrons. The molecule has 1 saturated heterocycles. The third-order valence-corrected chi connectivity index (χ3v) is 7.40. The van der Waals surface area contributed by atoms with Crippen LogP contribution in [0.4, 0.5) is 10.1 Å². The van der Waals surface area contributed by atoms with Crippen molar-refractivity contribution in [1.29, 1.82) is 0 Å². The summed E-state index contributed by atoms with van der Waals surface area (Å²) < 4.78 is 13.3. The first-order valence-electron chi connectivity index (χ1n) is 11.5. The molecule has 0 unspecified atom stereocenters. The SMILES string of the molecule is O=C(c1ccc2c(c1)N(Cc1ccc(F)cc1)CCS2)N1CCN(Cc2ccccc2)CC1. The minimum atomic E-state index is -0.218. The van der Waals surface area contributed by atoms with Gasteiger partial charge in [0.1, 0.15) is 5.82 Å². The molecule has 0 N–H and O–H groups in total. The van der Waals surface area contributed by atoms with Crippen molar-refractivity contribution in [3.05, 3.63) is 95.3 Å². The highest BCUT2D eigenvalue weighted by molar-refractivity contribution is 7.99. The zero-order valence-electron chi connectivity index (χ0n) is 18.6. The van der Waals surface area contributed by atoms with E-state index in [1.165, 1.54) is 22.6 Å². The zero-order chi connectivity index (χ0) is 22.6. The van der Waals surface area contributed by atoms with Gasteiger partial charge in [-0.15, -0.1) is 11.8 Å². The van der Waals surface area contributed by atoms with Gasteiger partial charge in [0, 0.05) is 62.0 Å². The van der Waals surface area contributed by atoms with E-state index in [9.17, 15) is 9.18 Å². The van der Waals surface area contributed by atoms with Crippen LogP contribution in [0.25, 0.3) is 0 Å². The predicted molar refractivity (Wildman–Crippen MR) is 132 cm³/mol. The molecule has 0 bridgehead atoms. The molecule has 0 aromatic heterocycles. The van der Waals surface area contributed by atoms with Crippen molar-refractivity contribution in [2.24, 2.45) is 0 Å². The fourth-order valence-electron chi connectivity index (χ4n) is 4.51. The van der Waals surface area contributed by atoms with Gasteiger partial charge >= 0.3 is 0 Å². The van der Waals surface area contributed by atoms with Crippen LogP contribution in [0.2, 0.25) is 0 Å². The van der Waals surface area contributed by atoms with Crippen molar-refractivity contribution < 1.29 is 9.18 Å². The van der Waals surface area contributed by atoms with E-state index in [-0.39, 0.29) is 11.7 Å². The Morgan fingerprint density at radius 3 is 2.30 bits per heavy atom. The van der Waals surface area contributed by atoms with Crippen molar-refractivity contribution in [3.63, 3.8) is 0 Å². The number of rotatable bonds is 5. The molecule has 3 aromatic carbocycles. The first kappa shape index (κ1) is 22.0. The Bertz CT molecular complexity index is 1100. The lowest BCUT2D eigenvalue weighted by molar-refractivity contribution is 0.0628. The molecule has 2 aliphatic heterocycles. The molecule has 0 saturated carbocycles. The summed E-state index contributed by atoms with van der Waals surface area (Å²) in [6, 6.07) is 23.3. The van der Waals surface area contributed by atoms with E-state index in [0.717, 1.165) is 61.8 Å². The minimum absolute atomic E-state index is 0.106. The Labute approximate surface area is 199 Å². The van der Waals surface area contributed by atoms with Crippen LogP contribution < -0.4 is 4.90 Å². The van der Waals surface area contributed by atoms with Crippen LogP contribution in [-0.2, 0) is 13.1 Å². The Kier molecular flexibility index (Phi) is 6.65. The molecule has 4 nitrogen and oxygen atoms in total. The van der Waals surface area contributed by atoms with Gasteiger partial charge in [-0.25, -0.2) is 4.39 Å². The Morgan fingerprint density at radius 1 is 0.818 bits per heavy atom. The molecule has 6 heteroatoms. The molecule has 2 heterocycles. The van der Waals surface area contributed by atoms with Crippen molar-refractivity contribution in [2.75, 3.05) is 43.4 Å². The fourth-order valence-corrected chi connectivity index (χ4v) is 5.55. The smallest absolute Gasteiger partial charge is 0.254 e. The highest BCUT2D eigenvalue weighted by atomic mass is 32.2. The maximum absolute atomic E-state index is 13.3. The molecule has 5 rings (SSSR count). The van der Waals surface area contributed by atoms with Crippen molar-refractivity contribution in [2.45, 2.75) is 18.0 Å². The first-order chi connectivity index (χ1) is 16.2. The summed E-state index contributed by atoms with van der Waals surface area (Å²) in [5.74, 6) is 0.893. The lowest BCUT2D eigenvalue weighted by Gasteiger charge is -2.35. The standard InChI is InChI=1S/C27H28FN3OS/c28-24-9-6-22(7-10-24)20-31-16-17-33-26-11-8-23(18-25(26)31)27(32)30-14-12-29(13-15-30)19-21-4-2-1-3-5-21/h1-11,18H,12-17,19-20H2. The summed E-state index contributed by atoms with van der Waals surface area (Å²) in [6.45, 7) is 5.82. The number of hydrogen-bond donors (Lipinski definition) is 0. The molecule has 1 fully saturated rings. The van der Waals surface area contributed by atoms with Gasteiger partial charge in [0.15, 0.2) is 0 Å². The lowest BCUT2D eigenvalue weighted by atomic mass is 10.1. The van der Waals surface area contributed by atoms with Gasteiger partial charge in [-0.05, 0) is 41.5 Å². The maximum Gasteiger partial charge on any atom is 0.254 e. The maximum atomic E-state index is 13.3. The normalized spacial score (nSPS) is 16.5. The van der Waals surface area contributed by atoms with E-state index in [2.05, 4.69) is 40.1 Å². The Morgan fingerprint density at radius 2 is 1.55 bits per heavy atom. The number of carbonyl (C=O) groups excluding carboxylic acids is 1. The van der Waals surface area contributed by atoms with Crippen LogP contribution in [0.1, 0.15) is 21.5 Å². The predicted octanol–water partition coefficient (Wildman–Crippen LogP) is 4.90. The molecular formula is C27H28FN3OS. The lowest BCUT2D eigenvalue weighted by Crippen LogP contribution is -2.48. The molecule has 0 spiro atoms. The van der Waals surface area contributed by atoms with E-state index in [1.54, 1.807) is 0 Å². The number of amides is 1. The van der Waals surface area contributed by atoms with Gasteiger partial charge in [0.25, 0.3) is 5.91 Å². The summed E-state index contributed by atoms with van der Waals surface area (Å²) in [6.07, 6.45) is 0. The second kappa shape index (κ2) is 9.98. The molecule has 0 aliphatic carbocycles. The summed E-state index contributed by atoms with van der Waals surface area (Å²) in [7, 11) is 0. The number of anilines is 1. The van der Waals surface area contributed by atoms with Gasteiger partial charge in [-0.2, -0.15) is 0 Å². The molecular weight excluding hydrogens is 433 g/mol. The average molecular weight is 462 g/mol. The largest absolute Gasteiger partial charge is 0.365 e. The first-order valence-corrected chi connectivity index (χ1v) is 12.5. The van der Waals surface area contributed by atoms with Crippen LogP contribution >= 0.6 is 11.8 Å². The average Bonchev–Trinajstić information content (AvgIpc) is 2.86. The van der Waals surface area contributed by atoms with E-state index in [4.69, 9.17) is 0 Å². The zero-order valence-corrected chi connectivity index (χ0v) is 19.4. The minimum Gasteiger partial charge on any atom is -0.365 e. The molecule has 3 aromatic rings. The molecule has 0 radical (unpaired) electrons. The van der Waals surface area contributed by atoms with Crippen LogP contribution in [0.15, 0.2) is 77.7 Å². The quantitative estimate of drug-likeness (QED) is 0.540. The van der Waals surface area contributed by atoms with Gasteiger partial charge < -0.3 is 9.80 Å². The summed E-state index contributed by atoms with van der Waals surface area (Å²) in [5, 5.41) is 0. The van der Waals surface area contributed by atoms with E-state index in [0.29, 0.717) is 6.54 Å². The number of hydrogen-bond acceptors (Lipinski definition) is 4. The van der Waals surface area contributed by atoms with E-state index < -0.39 is 0 Å². The number of nitrogens with zero attached hydrogens (tertiary/aromatic N) is 3. The van der Waals surface area contributed by atoms with Crippen LogP contribution in [-0.4, -0.2) is 54.2 Å². The fraction of sp³-hybridized carbons (Fsp3) is 0.296. The van der Waals surface area contributed by atoms with Gasteiger partial charge in [-0.1, -0.05) is 42.5 Å². The third-order valence-electron chi connectivity index (χ3n) is 6.36. The second-order valence-corrected chi connectivity index (χ2v) is 9.77. The molecule has 33 heavy (non-hydrogen) atoms. The number of fused-ring (bicyclic) bond motifs is 1. The third kappa shape index (κ3) is 5.23. The number of thioether (sulfide) groups is 1. The van der Waals surface area contributed by atoms with E-state index >= 15 is 0 Å². The summed E-state index contributed by atoms with van der Waals surface area (Å²) in [4.78, 5) is 21.2. The van der Waals surface area contributed by atoms with Gasteiger partial charge in [0.05, 0.1) is 5.69 Å². The summed E-state index contributed by atoms with van der Waals surface area (Å²) in [5.41, 5.74) is 4.23. The number of halogens is 1. The van der Waals surface area contributed by atoms with Crippen molar-refractivity contribution >= 4 is 23.4 Å². The Hall–Kier alpha value is -2.83. The van der Waals surface area contributed by atoms with Gasteiger partial charge in [0.2, 0.25) is 0 Å².